The highest BCUT2D eigenvalue weighted by atomic mass is 32.1. The summed E-state index contributed by atoms with van der Waals surface area (Å²) in [6, 6.07) is 12.0. The van der Waals surface area contributed by atoms with Crippen LogP contribution in [0, 0.1) is 0 Å². The molecule has 1 aliphatic rings. The number of amides is 1. The summed E-state index contributed by atoms with van der Waals surface area (Å²) >= 11 is 1.63. The lowest BCUT2D eigenvalue weighted by Crippen LogP contribution is -2.36. The maximum Gasteiger partial charge on any atom is 0.228 e. The number of fused-ring (bicyclic) bond motifs is 1. The van der Waals surface area contributed by atoms with E-state index in [4.69, 9.17) is 4.74 Å². The first kappa shape index (κ1) is 13.2. The molecule has 0 saturated carbocycles. The quantitative estimate of drug-likeness (QED) is 0.848. The number of carbonyl (C=O) groups excluding carboxylic acids is 1. The SMILES string of the molecule is CC1c2ccccc2OCCN1C(=O)Cc1cccs1. The first-order valence-electron chi connectivity index (χ1n) is 6.79. The number of ether oxygens (including phenoxy) is 1. The second-order valence-corrected chi connectivity index (χ2v) is 5.94. The molecule has 1 amide bonds. The number of benzene rings is 1. The Labute approximate surface area is 122 Å². The highest BCUT2D eigenvalue weighted by molar-refractivity contribution is 7.10. The average molecular weight is 287 g/mol. The van der Waals surface area contributed by atoms with E-state index in [1.807, 2.05) is 46.7 Å². The molecular formula is C16H17NO2S. The summed E-state index contributed by atoms with van der Waals surface area (Å²) in [5.41, 5.74) is 1.09. The van der Waals surface area contributed by atoms with Gasteiger partial charge in [-0.15, -0.1) is 11.3 Å². The molecule has 0 saturated heterocycles. The molecule has 3 rings (SSSR count). The van der Waals surface area contributed by atoms with E-state index in [2.05, 4.69) is 6.92 Å². The predicted molar refractivity (Wildman–Crippen MR) is 80.1 cm³/mol. The van der Waals surface area contributed by atoms with E-state index in [-0.39, 0.29) is 11.9 Å². The topological polar surface area (TPSA) is 29.5 Å². The molecule has 1 aromatic heterocycles. The number of hydrogen-bond donors (Lipinski definition) is 0. The van der Waals surface area contributed by atoms with Gasteiger partial charge in [-0.1, -0.05) is 24.3 Å². The summed E-state index contributed by atoms with van der Waals surface area (Å²) in [5, 5.41) is 2.01. The predicted octanol–water partition coefficient (Wildman–Crippen LogP) is 3.27. The Morgan fingerprint density at radius 3 is 3.00 bits per heavy atom. The second kappa shape index (κ2) is 5.67. The Hall–Kier alpha value is -1.81. The van der Waals surface area contributed by atoms with Crippen molar-refractivity contribution in [3.05, 3.63) is 52.2 Å². The van der Waals surface area contributed by atoms with Crippen LogP contribution in [0.25, 0.3) is 0 Å². The van der Waals surface area contributed by atoms with E-state index in [1.54, 1.807) is 11.3 Å². The summed E-state index contributed by atoms with van der Waals surface area (Å²) in [4.78, 5) is 15.5. The maximum absolute atomic E-state index is 12.5. The Morgan fingerprint density at radius 1 is 1.35 bits per heavy atom. The van der Waals surface area contributed by atoms with Gasteiger partial charge in [-0.25, -0.2) is 0 Å². The third-order valence-electron chi connectivity index (χ3n) is 3.65. The molecule has 0 radical (unpaired) electrons. The van der Waals surface area contributed by atoms with Gasteiger partial charge in [-0.2, -0.15) is 0 Å². The minimum atomic E-state index is 0.0566. The minimum Gasteiger partial charge on any atom is -0.491 e. The highest BCUT2D eigenvalue weighted by Gasteiger charge is 2.26. The van der Waals surface area contributed by atoms with Gasteiger partial charge in [-0.05, 0) is 24.4 Å². The molecule has 0 spiro atoms. The molecular weight excluding hydrogens is 270 g/mol. The maximum atomic E-state index is 12.5. The van der Waals surface area contributed by atoms with Crippen LogP contribution in [-0.4, -0.2) is 24.0 Å². The Balaban J connectivity index is 1.81. The summed E-state index contributed by atoms with van der Waals surface area (Å²) in [7, 11) is 0. The number of carbonyl (C=O) groups is 1. The normalized spacial score (nSPS) is 18.1. The molecule has 1 aromatic carbocycles. The van der Waals surface area contributed by atoms with Gasteiger partial charge in [0.2, 0.25) is 5.91 Å². The van der Waals surface area contributed by atoms with E-state index in [0.29, 0.717) is 19.6 Å². The van der Waals surface area contributed by atoms with Crippen LogP contribution in [0.5, 0.6) is 5.75 Å². The third kappa shape index (κ3) is 2.56. The molecule has 0 fully saturated rings. The fourth-order valence-corrected chi connectivity index (χ4v) is 3.27. The smallest absolute Gasteiger partial charge is 0.228 e. The number of para-hydroxylation sites is 1. The fraction of sp³-hybridized carbons (Fsp3) is 0.312. The van der Waals surface area contributed by atoms with Gasteiger partial charge < -0.3 is 9.64 Å². The molecule has 0 N–H and O–H groups in total. The molecule has 2 aromatic rings. The van der Waals surface area contributed by atoms with E-state index >= 15 is 0 Å². The second-order valence-electron chi connectivity index (χ2n) is 4.91. The van der Waals surface area contributed by atoms with Gasteiger partial charge in [0.15, 0.2) is 0 Å². The largest absolute Gasteiger partial charge is 0.491 e. The van der Waals surface area contributed by atoms with Crippen molar-refractivity contribution in [3.8, 4) is 5.75 Å². The van der Waals surface area contributed by atoms with Crippen molar-refractivity contribution in [2.24, 2.45) is 0 Å². The van der Waals surface area contributed by atoms with Gasteiger partial charge in [0, 0.05) is 10.4 Å². The van der Waals surface area contributed by atoms with Gasteiger partial charge in [0.1, 0.15) is 12.4 Å². The first-order valence-corrected chi connectivity index (χ1v) is 7.67. The molecule has 20 heavy (non-hydrogen) atoms. The lowest BCUT2D eigenvalue weighted by molar-refractivity contribution is -0.132. The highest BCUT2D eigenvalue weighted by Crippen LogP contribution is 2.31. The molecule has 104 valence electrons. The molecule has 3 nitrogen and oxygen atoms in total. The van der Waals surface area contributed by atoms with Crippen molar-refractivity contribution in [1.29, 1.82) is 0 Å². The Bertz CT molecular complexity index is 594. The van der Waals surface area contributed by atoms with Crippen LogP contribution >= 0.6 is 11.3 Å². The van der Waals surface area contributed by atoms with Crippen molar-refractivity contribution < 1.29 is 9.53 Å². The minimum absolute atomic E-state index is 0.0566. The van der Waals surface area contributed by atoms with E-state index < -0.39 is 0 Å². The third-order valence-corrected chi connectivity index (χ3v) is 4.53. The van der Waals surface area contributed by atoms with Crippen LogP contribution in [0.15, 0.2) is 41.8 Å². The van der Waals surface area contributed by atoms with Crippen LogP contribution in [0.4, 0.5) is 0 Å². The standard InChI is InChI=1S/C16H17NO2S/c1-12-14-6-2-3-7-15(14)19-9-8-17(12)16(18)11-13-5-4-10-20-13/h2-7,10,12H,8-9,11H2,1H3. The van der Waals surface area contributed by atoms with Gasteiger partial charge in [-0.3, -0.25) is 4.79 Å². The van der Waals surface area contributed by atoms with Crippen molar-refractivity contribution >= 4 is 17.2 Å². The summed E-state index contributed by atoms with van der Waals surface area (Å²) in [5.74, 6) is 1.06. The zero-order valence-electron chi connectivity index (χ0n) is 11.4. The molecule has 1 atom stereocenters. The van der Waals surface area contributed by atoms with Crippen LogP contribution in [-0.2, 0) is 11.2 Å². The van der Waals surface area contributed by atoms with Gasteiger partial charge >= 0.3 is 0 Å². The summed E-state index contributed by atoms with van der Waals surface area (Å²) in [6.07, 6.45) is 0.476. The number of rotatable bonds is 2. The fourth-order valence-electron chi connectivity index (χ4n) is 2.58. The van der Waals surface area contributed by atoms with Crippen molar-refractivity contribution in [1.82, 2.24) is 4.90 Å². The van der Waals surface area contributed by atoms with Crippen LogP contribution < -0.4 is 4.74 Å². The molecule has 4 heteroatoms. The molecule has 1 aliphatic heterocycles. The van der Waals surface area contributed by atoms with E-state index in [0.717, 1.165) is 16.2 Å². The molecule has 0 aliphatic carbocycles. The Kier molecular flexibility index (Phi) is 3.74. The monoisotopic (exact) mass is 287 g/mol. The zero-order valence-corrected chi connectivity index (χ0v) is 12.2. The van der Waals surface area contributed by atoms with Gasteiger partial charge in [0.05, 0.1) is 19.0 Å². The molecule has 2 heterocycles. The van der Waals surface area contributed by atoms with Gasteiger partial charge in [0.25, 0.3) is 0 Å². The lowest BCUT2D eigenvalue weighted by atomic mass is 10.1. The lowest BCUT2D eigenvalue weighted by Gasteiger charge is -2.27. The molecule has 1 unspecified atom stereocenters. The summed E-state index contributed by atoms with van der Waals surface area (Å²) < 4.78 is 5.74. The summed E-state index contributed by atoms with van der Waals surface area (Å²) in [6.45, 7) is 3.26. The van der Waals surface area contributed by atoms with Crippen molar-refractivity contribution in [3.63, 3.8) is 0 Å². The number of thiophene rings is 1. The van der Waals surface area contributed by atoms with Crippen molar-refractivity contribution in [2.45, 2.75) is 19.4 Å². The number of hydrogen-bond acceptors (Lipinski definition) is 3. The van der Waals surface area contributed by atoms with Crippen LogP contribution in [0.3, 0.4) is 0 Å². The van der Waals surface area contributed by atoms with Crippen LogP contribution in [0.1, 0.15) is 23.4 Å². The zero-order chi connectivity index (χ0) is 13.9. The van der Waals surface area contributed by atoms with E-state index in [1.165, 1.54) is 0 Å². The Morgan fingerprint density at radius 2 is 2.20 bits per heavy atom. The molecule has 0 bridgehead atoms. The average Bonchev–Trinajstić information content (AvgIpc) is 2.90. The van der Waals surface area contributed by atoms with E-state index in [9.17, 15) is 4.79 Å². The number of nitrogens with zero attached hydrogens (tertiary/aromatic N) is 1. The van der Waals surface area contributed by atoms with Crippen LogP contribution in [0.2, 0.25) is 0 Å². The first-order chi connectivity index (χ1) is 9.75. The van der Waals surface area contributed by atoms with Crippen molar-refractivity contribution in [2.75, 3.05) is 13.2 Å².